The molecule has 7 aromatic carbocycles. The van der Waals surface area contributed by atoms with Crippen molar-refractivity contribution in [3.8, 4) is 17.2 Å². The van der Waals surface area contributed by atoms with E-state index in [1.54, 1.807) is 108 Å². The normalized spacial score (nSPS) is 23.4. The number of fused-ring (bicyclic) bond motifs is 3. The number of hydrogen-bond acceptors (Lipinski definition) is 18. The summed E-state index contributed by atoms with van der Waals surface area (Å²) in [4.78, 5) is 148. The van der Waals surface area contributed by atoms with E-state index in [0.717, 1.165) is 196 Å². The van der Waals surface area contributed by atoms with E-state index in [1.165, 1.54) is 50.3 Å². The van der Waals surface area contributed by atoms with Crippen LogP contribution < -0.4 is 49.0 Å². The first-order chi connectivity index (χ1) is 64.8. The van der Waals surface area contributed by atoms with Crippen LogP contribution in [0.2, 0.25) is 0 Å². The van der Waals surface area contributed by atoms with Crippen LogP contribution >= 0.6 is 24.0 Å². The van der Waals surface area contributed by atoms with Crippen molar-refractivity contribution in [2.45, 2.75) is 300 Å². The Bertz CT molecular complexity index is 4800. The number of benzene rings is 7. The quantitative estimate of drug-likeness (QED) is 0.0198. The molecule has 3 saturated heterocycles. The number of amides is 9. The number of nitrogens with zero attached hydrogens (tertiary/aromatic N) is 3. The Balaban J connectivity index is 0.000000182. The van der Waals surface area contributed by atoms with Crippen molar-refractivity contribution in [2.24, 2.45) is 35.5 Å². The van der Waals surface area contributed by atoms with Crippen molar-refractivity contribution in [2.75, 3.05) is 14.2 Å². The third kappa shape index (κ3) is 28.9. The average molecular weight is 1870 g/mol. The van der Waals surface area contributed by atoms with Gasteiger partial charge >= 0.3 is 18.9 Å². The van der Waals surface area contributed by atoms with Crippen LogP contribution in [0.3, 0.4) is 0 Å². The molecule has 6 saturated carbocycles. The van der Waals surface area contributed by atoms with Gasteiger partial charge in [0.25, 0.3) is 17.7 Å². The molecule has 25 heteroatoms. The second-order valence-corrected chi connectivity index (χ2v) is 38.3. The summed E-state index contributed by atoms with van der Waals surface area (Å²) in [6.45, 7) is 4.64. The predicted molar refractivity (Wildman–Crippen MR) is 526 cm³/mol. The fraction of sp³-hybridized carbons (Fsp3) is 0.505. The van der Waals surface area contributed by atoms with Gasteiger partial charge in [0, 0.05) is 75.0 Å². The van der Waals surface area contributed by atoms with Crippen molar-refractivity contribution in [3.63, 3.8) is 0 Å². The maximum absolute atomic E-state index is 13.9. The molecule has 9 amide bonds. The number of thiocarbonyl (C=S) groups is 1. The minimum absolute atomic E-state index is 0. The molecule has 0 radical (unpaired) electrons. The van der Waals surface area contributed by atoms with E-state index < -0.39 is 0 Å². The van der Waals surface area contributed by atoms with Gasteiger partial charge in [-0.15, -0.1) is 0 Å². The van der Waals surface area contributed by atoms with Gasteiger partial charge in [0.1, 0.15) is 30.5 Å². The SMILES string of the molecule is CC.COc1cc(OC)cc(OCc2ccc(C(=O)N[C@H]3CCCCCC[C@H]3C(=O)N3C(=O)[C@@H]4CCCCCC[C@@H]43)cc2)c1.O=C(N[C@H]1CCCCCC[C@H]1C(=O)N1C(=O)[C@@H]2CCCCCC[C@@H]21)c1ccc(COC(=S)c2ccccc2)cc1.O=C(N[C@H]1CCCCCC[C@H]1C(=O)N1C(=O)[C@@H]2CCCCCC[C@@H]21)c1ccc(CSC(=O)c2ccccc2)cc1.O=C([S-])c1ccccc1.[Li+]. The first-order valence-electron chi connectivity index (χ1n) is 49.2. The Hall–Kier alpha value is -9.83. The van der Waals surface area contributed by atoms with Gasteiger partial charge in [-0.2, -0.15) is 0 Å². The van der Waals surface area contributed by atoms with Crippen molar-refractivity contribution < 1.29 is 90.5 Å². The number of methoxy groups -OCH3 is 2. The maximum Gasteiger partial charge on any atom is 1.00 e. The summed E-state index contributed by atoms with van der Waals surface area (Å²) in [5.74, 6) is 0.606. The van der Waals surface area contributed by atoms with E-state index in [2.05, 4.69) is 28.6 Å². The van der Waals surface area contributed by atoms with Crippen molar-refractivity contribution in [1.29, 1.82) is 0 Å². The van der Waals surface area contributed by atoms with E-state index >= 15 is 0 Å². The summed E-state index contributed by atoms with van der Waals surface area (Å²) in [7, 11) is 3.19. The van der Waals surface area contributed by atoms with Gasteiger partial charge in [-0.1, -0.05) is 307 Å². The van der Waals surface area contributed by atoms with Gasteiger partial charge in [0.05, 0.1) is 67.9 Å². The number of carbonyl (C=O) groups excluding carboxylic acids is 11. The minimum atomic E-state index is -0.364. The number of ether oxygens (including phenoxy) is 4. The van der Waals surface area contributed by atoms with Crippen molar-refractivity contribution in [1.82, 2.24) is 30.7 Å². The summed E-state index contributed by atoms with van der Waals surface area (Å²) in [6.07, 6.45) is 35.5. The maximum atomic E-state index is 13.9. The molecule has 3 heterocycles. The summed E-state index contributed by atoms with van der Waals surface area (Å²) >= 11 is 11.0. The van der Waals surface area contributed by atoms with E-state index in [4.69, 9.17) is 31.2 Å². The molecular weight excluding hydrogens is 1740 g/mol. The van der Waals surface area contributed by atoms with Crippen molar-refractivity contribution in [3.05, 3.63) is 232 Å². The fourth-order valence-electron chi connectivity index (χ4n) is 20.4. The number of β-lactam (4-membered cyclic amide) rings is 3. The first kappa shape index (κ1) is 105. The number of carbonyl (C=O) groups is 11. The van der Waals surface area contributed by atoms with Gasteiger partial charge in [0.15, 0.2) is 5.05 Å². The zero-order valence-corrected chi connectivity index (χ0v) is 81.5. The van der Waals surface area contributed by atoms with Gasteiger partial charge < -0.3 is 52.3 Å². The average Bonchev–Trinajstić information content (AvgIpc) is 0.758. The summed E-state index contributed by atoms with van der Waals surface area (Å²) in [5, 5.41) is 9.73. The Morgan fingerprint density at radius 2 is 0.642 bits per heavy atom. The Labute approximate surface area is 819 Å². The molecule has 9 aliphatic rings. The number of nitrogens with one attached hydrogen (secondary N) is 3. The molecule has 7 aromatic rings. The molecule has 3 N–H and O–H groups in total. The first-order valence-corrected chi connectivity index (χ1v) is 51.0. The van der Waals surface area contributed by atoms with Crippen LogP contribution in [0.25, 0.3) is 0 Å². The topological polar surface area (TPSA) is 270 Å². The Kier molecular flexibility index (Phi) is 42.3. The molecule has 0 unspecified atom stereocenters. The van der Waals surface area contributed by atoms with Crippen LogP contribution in [0, 0.1) is 35.5 Å². The molecule has 9 fully saturated rings. The van der Waals surface area contributed by atoms with Gasteiger partial charge in [-0.25, -0.2) is 0 Å². The number of rotatable bonds is 21. The van der Waals surface area contributed by atoms with Crippen LogP contribution in [0.15, 0.2) is 182 Å². The van der Waals surface area contributed by atoms with Crippen LogP contribution in [-0.2, 0) is 65.1 Å². The molecule has 16 rings (SSSR count). The predicted octanol–water partition coefficient (Wildman–Crippen LogP) is 18.4. The summed E-state index contributed by atoms with van der Waals surface area (Å²) < 4.78 is 22.3. The van der Waals surface area contributed by atoms with E-state index in [0.29, 0.717) is 88.3 Å². The zero-order valence-electron chi connectivity index (χ0n) is 79.0. The minimum Gasteiger partial charge on any atom is -0.737 e. The molecule has 0 spiro atoms. The van der Waals surface area contributed by atoms with Gasteiger partial charge in [-0.05, 0) is 148 Å². The number of hydrogen-bond donors (Lipinski definition) is 3. The number of imide groups is 3. The van der Waals surface area contributed by atoms with Crippen LogP contribution in [0.5, 0.6) is 17.2 Å². The largest absolute Gasteiger partial charge is 1.00 e. The number of thioether (sulfide) groups is 1. The Morgan fingerprint density at radius 1 is 0.351 bits per heavy atom. The monoisotopic (exact) mass is 1870 g/mol. The number of likely N-dealkylation sites (tertiary alicyclic amines) is 3. The molecule has 710 valence electrons. The van der Waals surface area contributed by atoms with Crippen molar-refractivity contribution >= 4 is 105 Å². The standard InChI is InChI=1S/C34H44N2O6.2C33H40N2O4S.C7H6OS.C2H6.Li/c1-40-25-19-26(41-2)21-27(20-25)42-22-23-15-17-24(18-16-23)32(37)35-30-13-9-5-3-7-11-28(30)33(38)36-31-14-10-6-4-8-12-29(31)34(36)39;36-30(24-20-18-23(19-21-24)22-40-33(39)25-12-6-5-7-13-25)34-28-16-10-3-1-8-14-26(28)31(37)35-29-17-11-4-2-9-15-27(29)32(35)38;36-30(24-20-18-23(19-21-24)22-39-33(40)25-12-6-5-7-13-25)34-28-16-10-3-1-8-14-26(28)31(37)35-29-17-11-4-2-9-15-27(29)32(35)38;8-7(9)6-4-2-1-3-5-6;1-2;/h15-21,28-31H,3-14,22H2,1-2H3,(H,35,37);2*5-7,12-13,18-21,26-29H,1-4,8-11,14-17,22H2,(H,34,36);1-5H,(H,8,9);1-2H3;/q;;;;;+1/p-1/t28-,29-,30+,31+;2*26-,27-,28+,29+;;;/m111.../s1. The Morgan fingerprint density at radius 3 is 0.970 bits per heavy atom. The molecular formula is C109H135LiN6O15S3. The van der Waals surface area contributed by atoms with Crippen LogP contribution in [0.4, 0.5) is 0 Å². The molecule has 134 heavy (non-hydrogen) atoms. The molecule has 0 bridgehead atoms. The zero-order chi connectivity index (χ0) is 94.0. The third-order valence-corrected chi connectivity index (χ3v) is 29.5. The molecule has 3 aliphatic heterocycles. The second-order valence-electron chi connectivity index (χ2n) is 36.6. The molecule has 0 aromatic heterocycles. The van der Waals surface area contributed by atoms with E-state index in [-0.39, 0.29) is 154 Å². The third-order valence-electron chi connectivity index (χ3n) is 27.9. The summed E-state index contributed by atoms with van der Waals surface area (Å²) in [6, 6.07) is 54.3. The molecule has 12 atom stereocenters. The smallest absolute Gasteiger partial charge is 0.737 e. The summed E-state index contributed by atoms with van der Waals surface area (Å²) in [5.41, 5.74) is 6.55. The fourth-order valence-corrected chi connectivity index (χ4v) is 21.5. The second kappa shape index (κ2) is 54.2. The molecule has 6 aliphatic carbocycles. The van der Waals surface area contributed by atoms with E-state index in [9.17, 15) is 52.7 Å². The van der Waals surface area contributed by atoms with E-state index in [1.807, 2.05) is 117 Å². The van der Waals surface area contributed by atoms with Gasteiger partial charge in [-0.3, -0.25) is 62.6 Å². The van der Waals surface area contributed by atoms with Crippen LogP contribution in [0.1, 0.15) is 319 Å². The van der Waals surface area contributed by atoms with Gasteiger partial charge in [0.2, 0.25) is 40.6 Å². The van der Waals surface area contributed by atoms with Crippen LogP contribution in [-0.4, -0.2) is 134 Å². The molecule has 21 nitrogen and oxygen atoms in total.